The van der Waals surface area contributed by atoms with Crippen molar-refractivity contribution < 1.29 is 45.0 Å². The van der Waals surface area contributed by atoms with Crippen LogP contribution in [0.2, 0.25) is 0 Å². The Morgan fingerprint density at radius 2 is 1.70 bits per heavy atom. The number of hydrogen-bond acceptors (Lipinski definition) is 5. The number of hydrazone groups is 1. The molecule has 0 unspecified atom stereocenters. The summed E-state index contributed by atoms with van der Waals surface area (Å²) in [7, 11) is 0. The van der Waals surface area contributed by atoms with Crippen LogP contribution in [0.25, 0.3) is 0 Å². The van der Waals surface area contributed by atoms with Gasteiger partial charge >= 0.3 is 24.1 Å². The summed E-state index contributed by atoms with van der Waals surface area (Å²) < 4.78 is 99.9. The molecule has 2 rings (SSSR count). The van der Waals surface area contributed by atoms with Crippen molar-refractivity contribution >= 4 is 28.1 Å². The predicted molar refractivity (Wildman–Crippen MR) is 108 cm³/mol. The summed E-state index contributed by atoms with van der Waals surface area (Å²) in [6.45, 7) is 1.84. The molecule has 0 atom stereocenters. The van der Waals surface area contributed by atoms with Crippen molar-refractivity contribution in [1.29, 1.82) is 0 Å². The quantitative estimate of drug-likeness (QED) is 0.140. The molecule has 0 saturated carbocycles. The number of carbonyl (C=O) groups is 1. The molecule has 180 valence electrons. The van der Waals surface area contributed by atoms with Gasteiger partial charge in [0.2, 0.25) is 0 Å². The lowest BCUT2D eigenvalue weighted by molar-refractivity contribution is -0.361. The molecule has 0 heterocycles. The molecule has 5 nitrogen and oxygen atoms in total. The first-order valence-corrected chi connectivity index (χ1v) is 9.89. The number of esters is 1. The maximum Gasteiger partial charge on any atom is 0.462 e. The number of halogens is 8. The number of benzene rings is 2. The minimum atomic E-state index is -6.48. The molecule has 0 aromatic heterocycles. The summed E-state index contributed by atoms with van der Waals surface area (Å²) in [6, 6.07) is 4.75. The molecular weight excluding hydrogens is 529 g/mol. The summed E-state index contributed by atoms with van der Waals surface area (Å²) in [5.74, 6) is -6.77. The summed E-state index contributed by atoms with van der Waals surface area (Å²) in [5.41, 5.74) is 1.49. The number of rotatable bonds is 9. The van der Waals surface area contributed by atoms with E-state index in [9.17, 15) is 35.5 Å². The van der Waals surface area contributed by atoms with Crippen LogP contribution >= 0.6 is 15.9 Å². The molecule has 0 aliphatic heterocycles. The van der Waals surface area contributed by atoms with E-state index in [0.29, 0.717) is 27.2 Å². The molecule has 0 fully saturated rings. The minimum absolute atomic E-state index is 0.00569. The summed E-state index contributed by atoms with van der Waals surface area (Å²) >= 11 is 3.12. The monoisotopic (exact) mass is 544 g/mol. The van der Waals surface area contributed by atoms with E-state index in [1.165, 1.54) is 30.3 Å². The van der Waals surface area contributed by atoms with Crippen molar-refractivity contribution in [2.45, 2.75) is 31.7 Å². The van der Waals surface area contributed by atoms with Gasteiger partial charge < -0.3 is 9.47 Å². The summed E-state index contributed by atoms with van der Waals surface area (Å²) in [6.07, 6.45) is -5.86. The Balaban J connectivity index is 2.12. The van der Waals surface area contributed by atoms with Crippen LogP contribution in [0.5, 0.6) is 5.75 Å². The molecule has 0 radical (unpaired) electrons. The van der Waals surface area contributed by atoms with Gasteiger partial charge in [-0.25, -0.2) is 10.2 Å². The fraction of sp³-hybridized carbons (Fsp3) is 0.300. The lowest BCUT2D eigenvalue weighted by atomic mass is 10.1. The molecule has 13 heteroatoms. The van der Waals surface area contributed by atoms with Gasteiger partial charge in [-0.3, -0.25) is 0 Å². The van der Waals surface area contributed by atoms with Crippen LogP contribution in [0.1, 0.15) is 28.4 Å². The molecule has 0 amide bonds. The van der Waals surface area contributed by atoms with Crippen LogP contribution < -0.4 is 10.2 Å². The van der Waals surface area contributed by atoms with Crippen LogP contribution in [-0.4, -0.2) is 36.9 Å². The second kappa shape index (κ2) is 10.4. The number of nitrogens with one attached hydrogen (secondary N) is 1. The number of hydrogen-bond donors (Lipinski definition) is 1. The molecule has 2 aromatic rings. The van der Waals surface area contributed by atoms with Gasteiger partial charge in [-0.2, -0.15) is 35.8 Å². The Hall–Kier alpha value is -2.83. The predicted octanol–water partition coefficient (Wildman–Crippen LogP) is 5.92. The molecule has 0 saturated heterocycles. The van der Waals surface area contributed by atoms with Crippen LogP contribution in [0, 0.1) is 0 Å². The Morgan fingerprint density at radius 1 is 1.06 bits per heavy atom. The van der Waals surface area contributed by atoms with Gasteiger partial charge in [0.25, 0.3) is 0 Å². The number of nitrogens with zero attached hydrogens (tertiary/aromatic N) is 1. The van der Waals surface area contributed by atoms with E-state index >= 15 is 0 Å². The first kappa shape index (κ1) is 26.4. The minimum Gasteiger partial charge on any atom is -0.488 e. The zero-order valence-corrected chi connectivity index (χ0v) is 18.3. The van der Waals surface area contributed by atoms with Crippen LogP contribution in [0.15, 0.2) is 52.0 Å². The van der Waals surface area contributed by atoms with Gasteiger partial charge in [0.1, 0.15) is 12.4 Å². The van der Waals surface area contributed by atoms with Crippen LogP contribution in [0.4, 0.5) is 30.7 Å². The standard InChI is InChI=1S/C20H16BrF7N2O3/c1-2-32-17(31)13-5-3-12(4-6-13)11-33-16-8-7-15(21)9-14(16)10-29-30-20(27,28)18(22,23)19(24,25)26/h3-10,30H,2,11H2,1H3/b29-10-. The zero-order valence-electron chi connectivity index (χ0n) is 16.7. The van der Waals surface area contributed by atoms with Gasteiger partial charge in [0, 0.05) is 10.0 Å². The molecule has 0 spiro atoms. The Kier molecular flexibility index (Phi) is 8.33. The second-order valence-corrected chi connectivity index (χ2v) is 7.32. The maximum atomic E-state index is 13.3. The SMILES string of the molecule is CCOC(=O)c1ccc(COc2ccc(Br)cc2/C=N\NC(F)(F)C(F)(F)C(F)(F)F)cc1. The largest absolute Gasteiger partial charge is 0.488 e. The average Bonchev–Trinajstić information content (AvgIpc) is 2.72. The summed E-state index contributed by atoms with van der Waals surface area (Å²) in [4.78, 5) is 11.7. The second-order valence-electron chi connectivity index (χ2n) is 6.40. The van der Waals surface area contributed by atoms with Crippen LogP contribution in [0.3, 0.4) is 0 Å². The molecule has 0 aliphatic carbocycles. The first-order valence-electron chi connectivity index (χ1n) is 9.09. The number of ether oxygens (including phenoxy) is 2. The highest BCUT2D eigenvalue weighted by atomic mass is 79.9. The molecule has 0 aliphatic rings. The topological polar surface area (TPSA) is 59.9 Å². The van der Waals surface area contributed by atoms with Crippen molar-refractivity contribution in [1.82, 2.24) is 5.43 Å². The van der Waals surface area contributed by atoms with E-state index in [4.69, 9.17) is 9.47 Å². The lowest BCUT2D eigenvalue weighted by Crippen LogP contribution is -2.58. The van der Waals surface area contributed by atoms with Crippen LogP contribution in [-0.2, 0) is 11.3 Å². The molecule has 2 aromatic carbocycles. The Bertz CT molecular complexity index is 996. The highest BCUT2D eigenvalue weighted by molar-refractivity contribution is 9.10. The van der Waals surface area contributed by atoms with Gasteiger partial charge in [-0.1, -0.05) is 28.1 Å². The molecule has 1 N–H and O–H groups in total. The highest BCUT2D eigenvalue weighted by Gasteiger charge is 2.73. The van der Waals surface area contributed by atoms with Crippen molar-refractivity contribution in [3.63, 3.8) is 0 Å². The highest BCUT2D eigenvalue weighted by Crippen LogP contribution is 2.45. The number of alkyl halides is 7. The van der Waals surface area contributed by atoms with E-state index < -0.39 is 24.1 Å². The van der Waals surface area contributed by atoms with E-state index in [1.54, 1.807) is 19.1 Å². The van der Waals surface area contributed by atoms with Gasteiger partial charge in [-0.15, -0.1) is 0 Å². The molecule has 33 heavy (non-hydrogen) atoms. The Morgan fingerprint density at radius 3 is 2.27 bits per heavy atom. The third-order valence-electron chi connectivity index (χ3n) is 3.99. The van der Waals surface area contributed by atoms with E-state index in [0.717, 1.165) is 0 Å². The Labute approximate surface area is 191 Å². The van der Waals surface area contributed by atoms with Gasteiger partial charge in [-0.05, 0) is 42.8 Å². The average molecular weight is 545 g/mol. The third kappa shape index (κ3) is 6.59. The van der Waals surface area contributed by atoms with Crippen molar-refractivity contribution in [3.05, 3.63) is 63.6 Å². The van der Waals surface area contributed by atoms with Gasteiger partial charge in [0.15, 0.2) is 0 Å². The van der Waals surface area contributed by atoms with Crippen molar-refractivity contribution in [2.24, 2.45) is 5.10 Å². The van der Waals surface area contributed by atoms with E-state index in [1.807, 2.05) is 0 Å². The lowest BCUT2D eigenvalue weighted by Gasteiger charge is -2.27. The first-order chi connectivity index (χ1) is 15.3. The zero-order chi connectivity index (χ0) is 24.9. The number of carbonyl (C=O) groups excluding carboxylic acids is 1. The maximum absolute atomic E-state index is 13.3. The normalized spacial score (nSPS) is 12.6. The van der Waals surface area contributed by atoms with Crippen molar-refractivity contribution in [2.75, 3.05) is 6.61 Å². The summed E-state index contributed by atoms with van der Waals surface area (Å²) in [5, 5.41) is 2.84. The third-order valence-corrected chi connectivity index (χ3v) is 4.48. The fourth-order valence-electron chi connectivity index (χ4n) is 2.30. The van der Waals surface area contributed by atoms with E-state index in [-0.39, 0.29) is 24.5 Å². The van der Waals surface area contributed by atoms with E-state index in [2.05, 4.69) is 21.0 Å². The smallest absolute Gasteiger partial charge is 0.462 e. The molecule has 0 bridgehead atoms. The van der Waals surface area contributed by atoms with Gasteiger partial charge in [0.05, 0.1) is 18.4 Å². The fourth-order valence-corrected chi connectivity index (χ4v) is 2.67. The molecular formula is C20H16BrF7N2O3. The van der Waals surface area contributed by atoms with Crippen molar-refractivity contribution in [3.8, 4) is 5.75 Å².